The summed E-state index contributed by atoms with van der Waals surface area (Å²) in [5.41, 5.74) is 1.92. The van der Waals surface area contributed by atoms with E-state index in [0.717, 1.165) is 18.5 Å². The van der Waals surface area contributed by atoms with Gasteiger partial charge in [0.05, 0.1) is 5.51 Å². The summed E-state index contributed by atoms with van der Waals surface area (Å²) in [4.78, 5) is 5.49. The van der Waals surface area contributed by atoms with Gasteiger partial charge < -0.3 is 10.6 Å². The first kappa shape index (κ1) is 11.6. The molecule has 0 radical (unpaired) electrons. The molecule has 3 rings (SSSR count). The zero-order valence-electron chi connectivity index (χ0n) is 10.2. The van der Waals surface area contributed by atoms with Gasteiger partial charge in [-0.3, -0.25) is 4.98 Å². The number of hydrogen-bond acceptors (Lipinski definition) is 4. The van der Waals surface area contributed by atoms with Gasteiger partial charge in [-0.05, 0) is 38.1 Å². The van der Waals surface area contributed by atoms with E-state index in [0.29, 0.717) is 6.04 Å². The first-order valence-electron chi connectivity index (χ1n) is 6.77. The summed E-state index contributed by atoms with van der Waals surface area (Å²) in [6, 6.07) is 1.49. The Kier molecular flexibility index (Phi) is 3.74. The lowest BCUT2D eigenvalue weighted by Gasteiger charge is -2.26. The Bertz CT molecular complexity index is 332. The Hall–Kier alpha value is -0.450. The fourth-order valence-electron chi connectivity index (χ4n) is 3.36. The topological polar surface area (TPSA) is 37.0 Å². The van der Waals surface area contributed by atoms with Crippen LogP contribution in [-0.2, 0) is 6.54 Å². The lowest BCUT2D eigenvalue weighted by molar-refractivity contribution is 0.320. The van der Waals surface area contributed by atoms with Crippen molar-refractivity contribution in [2.75, 3.05) is 6.54 Å². The predicted octanol–water partition coefficient (Wildman–Crippen LogP) is 2.15. The molecule has 2 aliphatic rings. The number of nitrogens with one attached hydrogen (secondary N) is 2. The van der Waals surface area contributed by atoms with Crippen LogP contribution in [0.4, 0.5) is 0 Å². The SMILES string of the molecule is c1ncc(CNC2CCCC2C2CCCN2)s1. The van der Waals surface area contributed by atoms with E-state index in [-0.39, 0.29) is 0 Å². The second-order valence-electron chi connectivity index (χ2n) is 5.25. The lowest BCUT2D eigenvalue weighted by atomic mass is 9.93. The average Bonchev–Trinajstić information content (AvgIpc) is 3.09. The highest BCUT2D eigenvalue weighted by Crippen LogP contribution is 2.32. The van der Waals surface area contributed by atoms with E-state index in [9.17, 15) is 0 Å². The van der Waals surface area contributed by atoms with Crippen molar-refractivity contribution in [2.45, 2.75) is 50.7 Å². The summed E-state index contributed by atoms with van der Waals surface area (Å²) in [7, 11) is 0. The standard InChI is InChI=1S/C13H21N3S/c1-3-11(12-5-2-6-15-12)13(4-1)16-8-10-7-14-9-17-10/h7,9,11-13,15-16H,1-6,8H2. The van der Waals surface area contributed by atoms with Gasteiger partial charge in [0, 0.05) is 29.7 Å². The number of nitrogens with zero attached hydrogens (tertiary/aromatic N) is 1. The van der Waals surface area contributed by atoms with Crippen LogP contribution in [0, 0.1) is 5.92 Å². The molecule has 0 bridgehead atoms. The molecule has 3 nitrogen and oxygen atoms in total. The Morgan fingerprint density at radius 3 is 3.12 bits per heavy atom. The molecule has 3 atom stereocenters. The van der Waals surface area contributed by atoms with Crippen LogP contribution < -0.4 is 10.6 Å². The second kappa shape index (κ2) is 5.46. The quantitative estimate of drug-likeness (QED) is 0.861. The molecule has 1 aliphatic heterocycles. The number of rotatable bonds is 4. The van der Waals surface area contributed by atoms with Gasteiger partial charge in [0.1, 0.15) is 0 Å². The van der Waals surface area contributed by atoms with Crippen molar-refractivity contribution in [3.05, 3.63) is 16.6 Å². The van der Waals surface area contributed by atoms with E-state index in [1.807, 2.05) is 11.7 Å². The molecule has 1 aromatic heterocycles. The Morgan fingerprint density at radius 1 is 1.35 bits per heavy atom. The van der Waals surface area contributed by atoms with Gasteiger partial charge in [0.25, 0.3) is 0 Å². The summed E-state index contributed by atoms with van der Waals surface area (Å²) >= 11 is 1.75. The molecule has 0 aromatic carbocycles. The highest BCUT2D eigenvalue weighted by Gasteiger charge is 2.34. The van der Waals surface area contributed by atoms with Gasteiger partial charge in [-0.25, -0.2) is 0 Å². The van der Waals surface area contributed by atoms with E-state index in [1.54, 1.807) is 11.3 Å². The van der Waals surface area contributed by atoms with E-state index >= 15 is 0 Å². The number of hydrogen-bond donors (Lipinski definition) is 2. The molecule has 1 saturated carbocycles. The van der Waals surface area contributed by atoms with Gasteiger partial charge >= 0.3 is 0 Å². The van der Waals surface area contributed by atoms with Crippen LogP contribution in [0.5, 0.6) is 0 Å². The molecular formula is C13H21N3S. The molecular weight excluding hydrogens is 230 g/mol. The zero-order valence-corrected chi connectivity index (χ0v) is 11.0. The van der Waals surface area contributed by atoms with Crippen LogP contribution in [-0.4, -0.2) is 23.6 Å². The van der Waals surface area contributed by atoms with Crippen molar-refractivity contribution in [1.82, 2.24) is 15.6 Å². The van der Waals surface area contributed by atoms with Gasteiger partial charge in [-0.2, -0.15) is 0 Å². The minimum Gasteiger partial charge on any atom is -0.314 e. The van der Waals surface area contributed by atoms with E-state index < -0.39 is 0 Å². The largest absolute Gasteiger partial charge is 0.314 e. The Balaban J connectivity index is 1.54. The van der Waals surface area contributed by atoms with E-state index in [4.69, 9.17) is 0 Å². The summed E-state index contributed by atoms with van der Waals surface area (Å²) < 4.78 is 0. The fourth-order valence-corrected chi connectivity index (χ4v) is 3.91. The molecule has 17 heavy (non-hydrogen) atoms. The van der Waals surface area contributed by atoms with Crippen molar-refractivity contribution >= 4 is 11.3 Å². The molecule has 0 spiro atoms. The third-order valence-corrected chi connectivity index (χ3v) is 4.99. The average molecular weight is 251 g/mol. The van der Waals surface area contributed by atoms with Crippen LogP contribution in [0.15, 0.2) is 11.7 Å². The molecule has 3 unspecified atom stereocenters. The first-order valence-corrected chi connectivity index (χ1v) is 7.65. The maximum absolute atomic E-state index is 4.13. The highest BCUT2D eigenvalue weighted by molar-refractivity contribution is 7.09. The zero-order chi connectivity index (χ0) is 11.5. The minimum absolute atomic E-state index is 0.715. The Morgan fingerprint density at radius 2 is 2.35 bits per heavy atom. The van der Waals surface area contributed by atoms with Crippen molar-refractivity contribution in [2.24, 2.45) is 5.92 Å². The molecule has 2 fully saturated rings. The monoisotopic (exact) mass is 251 g/mol. The molecule has 2 N–H and O–H groups in total. The predicted molar refractivity (Wildman–Crippen MR) is 71.1 cm³/mol. The maximum atomic E-state index is 4.13. The summed E-state index contributed by atoms with van der Waals surface area (Å²) in [5.74, 6) is 0.852. The minimum atomic E-state index is 0.715. The smallest absolute Gasteiger partial charge is 0.0794 e. The van der Waals surface area contributed by atoms with Crippen molar-refractivity contribution in [1.29, 1.82) is 0 Å². The van der Waals surface area contributed by atoms with Crippen molar-refractivity contribution in [3.8, 4) is 0 Å². The summed E-state index contributed by atoms with van der Waals surface area (Å²) in [6.07, 6.45) is 8.87. The van der Waals surface area contributed by atoms with Gasteiger partial charge in [0.15, 0.2) is 0 Å². The second-order valence-corrected chi connectivity index (χ2v) is 6.22. The van der Waals surface area contributed by atoms with Gasteiger partial charge in [-0.1, -0.05) is 6.42 Å². The molecule has 1 aliphatic carbocycles. The van der Waals surface area contributed by atoms with Gasteiger partial charge in [-0.15, -0.1) is 11.3 Å². The fraction of sp³-hybridized carbons (Fsp3) is 0.769. The van der Waals surface area contributed by atoms with Crippen LogP contribution in [0.1, 0.15) is 37.0 Å². The third kappa shape index (κ3) is 2.69. The van der Waals surface area contributed by atoms with Gasteiger partial charge in [0.2, 0.25) is 0 Å². The van der Waals surface area contributed by atoms with Crippen LogP contribution in [0.25, 0.3) is 0 Å². The van der Waals surface area contributed by atoms with Crippen molar-refractivity contribution in [3.63, 3.8) is 0 Å². The summed E-state index contributed by atoms with van der Waals surface area (Å²) in [5, 5.41) is 7.41. The molecule has 0 amide bonds. The molecule has 1 aromatic rings. The Labute approximate surface area is 107 Å². The van der Waals surface area contributed by atoms with Crippen LogP contribution in [0.3, 0.4) is 0 Å². The first-order chi connectivity index (χ1) is 8.43. The molecule has 94 valence electrons. The molecule has 1 saturated heterocycles. The van der Waals surface area contributed by atoms with Crippen LogP contribution >= 0.6 is 11.3 Å². The van der Waals surface area contributed by atoms with Crippen molar-refractivity contribution < 1.29 is 0 Å². The normalized spacial score (nSPS) is 33.3. The number of aromatic nitrogens is 1. The van der Waals surface area contributed by atoms with E-state index in [2.05, 4.69) is 15.6 Å². The highest BCUT2D eigenvalue weighted by atomic mass is 32.1. The van der Waals surface area contributed by atoms with Crippen LogP contribution in [0.2, 0.25) is 0 Å². The third-order valence-electron chi connectivity index (χ3n) is 4.21. The molecule has 2 heterocycles. The van der Waals surface area contributed by atoms with E-state index in [1.165, 1.54) is 43.5 Å². The molecule has 4 heteroatoms. The maximum Gasteiger partial charge on any atom is 0.0794 e. The summed E-state index contributed by atoms with van der Waals surface area (Å²) in [6.45, 7) is 2.22. The number of thiazole rings is 1. The lowest BCUT2D eigenvalue weighted by Crippen LogP contribution is -2.41.